The Bertz CT molecular complexity index is 614. The zero-order chi connectivity index (χ0) is 17.5. The van der Waals surface area contributed by atoms with E-state index in [0.29, 0.717) is 6.04 Å². The summed E-state index contributed by atoms with van der Waals surface area (Å²) in [5.74, 6) is -2.53. The number of aliphatic hydroxyl groups is 1. The molecule has 1 saturated carbocycles. The first-order valence-corrected chi connectivity index (χ1v) is 8.39. The quantitative estimate of drug-likeness (QED) is 0.488. The fourth-order valence-electron chi connectivity index (χ4n) is 2.87. The smallest absolute Gasteiger partial charge is 0.374 e. The number of esters is 2. The van der Waals surface area contributed by atoms with E-state index in [1.807, 2.05) is 4.57 Å². The summed E-state index contributed by atoms with van der Waals surface area (Å²) >= 11 is 0. The average molecular weight is 336 g/mol. The number of carbonyl (C=O) groups is 2. The number of aliphatic hydroxyl groups excluding tert-OH is 1. The molecule has 0 spiro atoms. The minimum atomic E-state index is -0.965. The topological polar surface area (TPSA) is 90.6 Å². The number of aromatic nitrogens is 2. The van der Waals surface area contributed by atoms with Crippen LogP contribution in [0.15, 0.2) is 18.3 Å². The van der Waals surface area contributed by atoms with Crippen LogP contribution in [-0.2, 0) is 19.1 Å². The second-order valence-corrected chi connectivity index (χ2v) is 5.66. The maximum absolute atomic E-state index is 12.2. The Morgan fingerprint density at radius 2 is 1.79 bits per heavy atom. The van der Waals surface area contributed by atoms with Gasteiger partial charge >= 0.3 is 11.9 Å². The van der Waals surface area contributed by atoms with Gasteiger partial charge in [-0.15, -0.1) is 0 Å². The van der Waals surface area contributed by atoms with Crippen molar-refractivity contribution in [1.82, 2.24) is 9.55 Å². The Morgan fingerprint density at radius 3 is 2.42 bits per heavy atom. The summed E-state index contributed by atoms with van der Waals surface area (Å²) in [5.41, 5.74) is -0.0468. The van der Waals surface area contributed by atoms with E-state index in [-0.39, 0.29) is 24.5 Å². The summed E-state index contributed by atoms with van der Waals surface area (Å²) in [6, 6.07) is 0.327. The molecule has 0 saturated heterocycles. The van der Waals surface area contributed by atoms with Gasteiger partial charge in [-0.25, -0.2) is 14.6 Å². The van der Waals surface area contributed by atoms with E-state index >= 15 is 0 Å². The minimum Gasteiger partial charge on any atom is -0.501 e. The third-order valence-electron chi connectivity index (χ3n) is 4.04. The first kappa shape index (κ1) is 18.0. The Labute approximate surface area is 141 Å². The van der Waals surface area contributed by atoms with Crippen LogP contribution in [0.2, 0.25) is 0 Å². The molecular formula is C17H24N2O5. The molecule has 1 aromatic rings. The van der Waals surface area contributed by atoms with Crippen molar-refractivity contribution in [2.45, 2.75) is 52.0 Å². The highest BCUT2D eigenvalue weighted by atomic mass is 16.5. The van der Waals surface area contributed by atoms with Gasteiger partial charge in [0.25, 0.3) is 0 Å². The van der Waals surface area contributed by atoms with Gasteiger partial charge in [-0.05, 0) is 26.7 Å². The molecule has 0 radical (unpaired) electrons. The lowest BCUT2D eigenvalue weighted by atomic mass is 9.95. The van der Waals surface area contributed by atoms with Crippen LogP contribution < -0.4 is 0 Å². The molecule has 1 aliphatic rings. The fraction of sp³-hybridized carbons (Fsp3) is 0.588. The Morgan fingerprint density at radius 1 is 1.17 bits per heavy atom. The van der Waals surface area contributed by atoms with Crippen LogP contribution in [0, 0.1) is 0 Å². The molecule has 0 bridgehead atoms. The van der Waals surface area contributed by atoms with Gasteiger partial charge in [-0.2, -0.15) is 0 Å². The standard InChI is InChI=1S/C17H24N2O5/c1-3-23-16(21)14(15(20)17(22)24-4-2)13-10-19(11-18-13)12-8-6-5-7-9-12/h10-12,20H,3-9H2,1-2H3. The number of hydrogen-bond acceptors (Lipinski definition) is 6. The molecule has 1 N–H and O–H groups in total. The molecular weight excluding hydrogens is 312 g/mol. The van der Waals surface area contributed by atoms with E-state index in [4.69, 9.17) is 9.47 Å². The van der Waals surface area contributed by atoms with Gasteiger partial charge in [-0.3, -0.25) is 0 Å². The minimum absolute atomic E-state index is 0.0928. The molecule has 1 fully saturated rings. The highest BCUT2D eigenvalue weighted by Gasteiger charge is 2.27. The first-order valence-electron chi connectivity index (χ1n) is 8.39. The molecule has 0 aromatic carbocycles. The van der Waals surface area contributed by atoms with Gasteiger partial charge in [0, 0.05) is 12.2 Å². The molecule has 1 heterocycles. The predicted octanol–water partition coefficient (Wildman–Crippen LogP) is 2.78. The van der Waals surface area contributed by atoms with Crippen LogP contribution in [0.25, 0.3) is 5.57 Å². The number of ether oxygens (including phenoxy) is 2. The van der Waals surface area contributed by atoms with Gasteiger partial charge in [0.1, 0.15) is 5.57 Å². The summed E-state index contributed by atoms with van der Waals surface area (Å²) in [7, 11) is 0. The maximum Gasteiger partial charge on any atom is 0.374 e. The lowest BCUT2D eigenvalue weighted by molar-refractivity contribution is -0.142. The van der Waals surface area contributed by atoms with Crippen molar-refractivity contribution in [2.75, 3.05) is 13.2 Å². The third kappa shape index (κ3) is 4.15. The van der Waals surface area contributed by atoms with Gasteiger partial charge in [-0.1, -0.05) is 19.3 Å². The number of imidazole rings is 1. The van der Waals surface area contributed by atoms with Crippen LogP contribution in [-0.4, -0.2) is 39.8 Å². The van der Waals surface area contributed by atoms with Gasteiger partial charge in [0.15, 0.2) is 0 Å². The molecule has 24 heavy (non-hydrogen) atoms. The van der Waals surface area contributed by atoms with Crippen molar-refractivity contribution in [2.24, 2.45) is 0 Å². The van der Waals surface area contributed by atoms with E-state index in [1.54, 1.807) is 26.4 Å². The Balaban J connectivity index is 2.33. The summed E-state index contributed by atoms with van der Waals surface area (Å²) in [4.78, 5) is 28.2. The first-order chi connectivity index (χ1) is 11.6. The summed E-state index contributed by atoms with van der Waals surface area (Å²) in [6.45, 7) is 3.49. The van der Waals surface area contributed by atoms with Crippen molar-refractivity contribution in [3.05, 3.63) is 24.0 Å². The second kappa shape index (κ2) is 8.52. The van der Waals surface area contributed by atoms with E-state index in [0.717, 1.165) is 25.7 Å². The highest BCUT2D eigenvalue weighted by molar-refractivity contribution is 6.21. The SMILES string of the molecule is CCOC(=O)C(O)=C(C(=O)OCC)c1cn(C2CCCCC2)cn1. The average Bonchev–Trinajstić information content (AvgIpc) is 3.06. The molecule has 132 valence electrons. The molecule has 0 aliphatic heterocycles. The maximum atomic E-state index is 12.2. The lowest BCUT2D eigenvalue weighted by Crippen LogP contribution is -2.16. The van der Waals surface area contributed by atoms with Gasteiger partial charge < -0.3 is 19.1 Å². The van der Waals surface area contributed by atoms with Crippen LogP contribution in [0.5, 0.6) is 0 Å². The Hall–Kier alpha value is -2.31. The van der Waals surface area contributed by atoms with Crippen molar-refractivity contribution in [1.29, 1.82) is 0 Å². The highest BCUT2D eigenvalue weighted by Crippen LogP contribution is 2.29. The summed E-state index contributed by atoms with van der Waals surface area (Å²) < 4.78 is 11.7. The zero-order valence-electron chi connectivity index (χ0n) is 14.2. The monoisotopic (exact) mass is 336 g/mol. The largest absolute Gasteiger partial charge is 0.501 e. The van der Waals surface area contributed by atoms with E-state index < -0.39 is 17.7 Å². The zero-order valence-corrected chi connectivity index (χ0v) is 14.2. The van der Waals surface area contributed by atoms with Crippen LogP contribution in [0.4, 0.5) is 0 Å². The van der Waals surface area contributed by atoms with Crippen molar-refractivity contribution in [3.63, 3.8) is 0 Å². The van der Waals surface area contributed by atoms with Gasteiger partial charge in [0.2, 0.25) is 5.76 Å². The van der Waals surface area contributed by atoms with Crippen LogP contribution >= 0.6 is 0 Å². The molecule has 1 aromatic heterocycles. The number of nitrogens with zero attached hydrogens (tertiary/aromatic N) is 2. The predicted molar refractivity (Wildman–Crippen MR) is 87.2 cm³/mol. The number of rotatable bonds is 6. The molecule has 0 amide bonds. The molecule has 0 atom stereocenters. The normalized spacial score (nSPS) is 16.4. The van der Waals surface area contributed by atoms with Crippen molar-refractivity contribution in [3.8, 4) is 0 Å². The van der Waals surface area contributed by atoms with Crippen molar-refractivity contribution < 1.29 is 24.2 Å². The molecule has 2 rings (SSSR count). The Kier molecular flexibility index (Phi) is 6.40. The second-order valence-electron chi connectivity index (χ2n) is 5.66. The third-order valence-corrected chi connectivity index (χ3v) is 4.04. The lowest BCUT2D eigenvalue weighted by Gasteiger charge is -2.22. The summed E-state index contributed by atoms with van der Waals surface area (Å²) in [5, 5.41) is 10.1. The molecule has 7 nitrogen and oxygen atoms in total. The number of carbonyl (C=O) groups excluding carboxylic acids is 2. The number of hydrogen-bond donors (Lipinski definition) is 1. The van der Waals surface area contributed by atoms with E-state index in [1.165, 1.54) is 6.42 Å². The fourth-order valence-corrected chi connectivity index (χ4v) is 2.87. The van der Waals surface area contributed by atoms with Crippen LogP contribution in [0.1, 0.15) is 57.7 Å². The van der Waals surface area contributed by atoms with E-state index in [2.05, 4.69) is 4.98 Å². The van der Waals surface area contributed by atoms with Crippen LogP contribution in [0.3, 0.4) is 0 Å². The summed E-state index contributed by atoms with van der Waals surface area (Å²) in [6.07, 6.45) is 8.96. The van der Waals surface area contributed by atoms with E-state index in [9.17, 15) is 14.7 Å². The molecule has 1 aliphatic carbocycles. The molecule has 7 heteroatoms. The molecule has 0 unspecified atom stereocenters. The van der Waals surface area contributed by atoms with Gasteiger partial charge in [0.05, 0.1) is 25.2 Å². The van der Waals surface area contributed by atoms with Crippen molar-refractivity contribution >= 4 is 17.5 Å².